The zero-order valence-corrected chi connectivity index (χ0v) is 18.6. The number of nitrogens with zero attached hydrogens (tertiary/aromatic N) is 2. The highest BCUT2D eigenvalue weighted by molar-refractivity contribution is 7.92. The van der Waals surface area contributed by atoms with Crippen LogP contribution in [0, 0.1) is 23.3 Å². The van der Waals surface area contributed by atoms with Crippen LogP contribution in [0.25, 0.3) is 11.1 Å². The summed E-state index contributed by atoms with van der Waals surface area (Å²) in [6, 6.07) is 11.5. The lowest BCUT2D eigenvalue weighted by Crippen LogP contribution is -2.17. The molecule has 0 heterocycles. The molecule has 0 aliphatic carbocycles. The Morgan fingerprint density at radius 3 is 1.72 bits per heavy atom. The fourth-order valence-corrected chi connectivity index (χ4v) is 4.14. The number of hydrogen-bond acceptors (Lipinski definition) is 4. The van der Waals surface area contributed by atoms with Crippen molar-refractivity contribution in [2.24, 2.45) is 0 Å². The SMILES string of the molecule is CN(C)c1cc(-c2c(F)c(F)c(F)c(F)c2NS(=O)(=O)c2ccccc2)cc(N(C)C)c1. The van der Waals surface area contributed by atoms with E-state index in [0.29, 0.717) is 11.4 Å². The molecule has 3 aromatic carbocycles. The van der Waals surface area contributed by atoms with E-state index < -0.39 is 44.5 Å². The van der Waals surface area contributed by atoms with Crippen molar-refractivity contribution in [3.63, 3.8) is 0 Å². The molecule has 0 atom stereocenters. The molecule has 0 saturated carbocycles. The van der Waals surface area contributed by atoms with Crippen LogP contribution in [-0.2, 0) is 10.0 Å². The van der Waals surface area contributed by atoms with Crippen LogP contribution in [0.1, 0.15) is 0 Å². The maximum atomic E-state index is 15.0. The maximum absolute atomic E-state index is 15.0. The highest BCUT2D eigenvalue weighted by atomic mass is 32.2. The number of halogens is 4. The Balaban J connectivity index is 2.32. The molecule has 5 nitrogen and oxygen atoms in total. The zero-order valence-electron chi connectivity index (χ0n) is 17.7. The Hall–Kier alpha value is -3.27. The molecule has 0 spiro atoms. The average molecular weight is 467 g/mol. The summed E-state index contributed by atoms with van der Waals surface area (Å²) in [4.78, 5) is 3.10. The molecular formula is C22H21F4N3O2S. The van der Waals surface area contributed by atoms with Gasteiger partial charge in [0.05, 0.1) is 10.6 Å². The number of anilines is 3. The lowest BCUT2D eigenvalue weighted by molar-refractivity contribution is 0.413. The van der Waals surface area contributed by atoms with E-state index in [1.165, 1.54) is 36.4 Å². The van der Waals surface area contributed by atoms with Crippen molar-refractivity contribution in [3.05, 3.63) is 71.8 Å². The molecule has 0 aliphatic heterocycles. The Morgan fingerprint density at radius 2 is 1.22 bits per heavy atom. The molecule has 0 aliphatic rings. The molecule has 3 rings (SSSR count). The first kappa shape index (κ1) is 23.4. The van der Waals surface area contributed by atoms with Crippen LogP contribution in [0.5, 0.6) is 0 Å². The molecule has 0 fully saturated rings. The van der Waals surface area contributed by atoms with E-state index in [9.17, 15) is 26.0 Å². The number of benzene rings is 3. The third kappa shape index (κ3) is 4.36. The second-order valence-electron chi connectivity index (χ2n) is 7.45. The predicted molar refractivity (Wildman–Crippen MR) is 118 cm³/mol. The first-order valence-corrected chi connectivity index (χ1v) is 10.9. The van der Waals surface area contributed by atoms with Gasteiger partial charge in [0.2, 0.25) is 0 Å². The monoisotopic (exact) mass is 467 g/mol. The van der Waals surface area contributed by atoms with Crippen molar-refractivity contribution in [3.8, 4) is 11.1 Å². The number of hydrogen-bond donors (Lipinski definition) is 1. The zero-order chi connectivity index (χ0) is 23.8. The Kier molecular flexibility index (Phi) is 6.36. The fourth-order valence-electron chi connectivity index (χ4n) is 3.05. The van der Waals surface area contributed by atoms with Gasteiger partial charge in [-0.05, 0) is 35.9 Å². The van der Waals surface area contributed by atoms with Crippen LogP contribution in [0.4, 0.5) is 34.6 Å². The van der Waals surface area contributed by atoms with Crippen LogP contribution in [0.2, 0.25) is 0 Å². The van der Waals surface area contributed by atoms with Gasteiger partial charge in [0.25, 0.3) is 10.0 Å². The van der Waals surface area contributed by atoms with Gasteiger partial charge in [0.15, 0.2) is 23.3 Å². The molecule has 0 radical (unpaired) electrons. The van der Waals surface area contributed by atoms with Crippen molar-refractivity contribution in [2.75, 3.05) is 42.7 Å². The summed E-state index contributed by atoms with van der Waals surface area (Å²) >= 11 is 0. The second kappa shape index (κ2) is 8.70. The fraction of sp³-hybridized carbons (Fsp3) is 0.182. The number of sulfonamides is 1. The Bertz CT molecular complexity index is 1240. The van der Waals surface area contributed by atoms with E-state index in [1.807, 2.05) is 4.72 Å². The summed E-state index contributed by atoms with van der Waals surface area (Å²) in [6.45, 7) is 0. The van der Waals surface area contributed by atoms with E-state index in [-0.39, 0.29) is 10.5 Å². The van der Waals surface area contributed by atoms with Crippen LogP contribution < -0.4 is 14.5 Å². The molecule has 1 N–H and O–H groups in total. The van der Waals surface area contributed by atoms with E-state index in [1.54, 1.807) is 50.1 Å². The van der Waals surface area contributed by atoms with E-state index >= 15 is 0 Å². The standard InChI is InChI=1S/C22H21F4N3O2S/c1-28(2)14-10-13(11-15(12-14)29(3)4)17-18(23)19(24)20(25)21(26)22(17)27-32(30,31)16-8-6-5-7-9-16/h5-12,27H,1-4H3. The largest absolute Gasteiger partial charge is 0.378 e. The first-order chi connectivity index (χ1) is 14.9. The first-order valence-electron chi connectivity index (χ1n) is 9.38. The van der Waals surface area contributed by atoms with Gasteiger partial charge in [-0.3, -0.25) is 4.72 Å². The lowest BCUT2D eigenvalue weighted by atomic mass is 10.00. The van der Waals surface area contributed by atoms with E-state index in [0.717, 1.165) is 0 Å². The van der Waals surface area contributed by atoms with Crippen molar-refractivity contribution >= 4 is 27.1 Å². The van der Waals surface area contributed by atoms with Gasteiger partial charge in [-0.25, -0.2) is 26.0 Å². The quantitative estimate of drug-likeness (QED) is 0.320. The van der Waals surface area contributed by atoms with Crippen molar-refractivity contribution in [2.45, 2.75) is 4.90 Å². The predicted octanol–water partition coefficient (Wildman–Crippen LogP) is 4.84. The number of rotatable bonds is 6. The van der Waals surface area contributed by atoms with Gasteiger partial charge in [0, 0.05) is 45.1 Å². The Labute approximate surface area is 183 Å². The van der Waals surface area contributed by atoms with Gasteiger partial charge in [-0.15, -0.1) is 0 Å². The molecule has 170 valence electrons. The molecule has 0 aromatic heterocycles. The van der Waals surface area contributed by atoms with Gasteiger partial charge in [-0.2, -0.15) is 0 Å². The molecular weight excluding hydrogens is 446 g/mol. The van der Waals surface area contributed by atoms with Crippen LogP contribution in [0.3, 0.4) is 0 Å². The minimum absolute atomic E-state index is 0.0408. The summed E-state index contributed by atoms with van der Waals surface area (Å²) in [5.74, 6) is -7.72. The Morgan fingerprint density at radius 1 is 0.719 bits per heavy atom. The molecule has 3 aromatic rings. The molecule has 0 unspecified atom stereocenters. The summed E-state index contributed by atoms with van der Waals surface area (Å²) in [6.07, 6.45) is 0. The summed E-state index contributed by atoms with van der Waals surface area (Å²) < 4.78 is 85.5. The molecule has 0 bridgehead atoms. The number of nitrogens with one attached hydrogen (secondary N) is 1. The van der Waals surface area contributed by atoms with Gasteiger partial charge >= 0.3 is 0 Å². The van der Waals surface area contributed by atoms with Crippen molar-refractivity contribution < 1.29 is 26.0 Å². The minimum Gasteiger partial charge on any atom is -0.378 e. The van der Waals surface area contributed by atoms with Gasteiger partial charge < -0.3 is 9.80 Å². The third-order valence-electron chi connectivity index (χ3n) is 4.78. The smallest absolute Gasteiger partial charge is 0.262 e. The average Bonchev–Trinajstić information content (AvgIpc) is 2.76. The molecule has 10 heteroatoms. The van der Waals surface area contributed by atoms with Crippen LogP contribution in [0.15, 0.2) is 53.4 Å². The van der Waals surface area contributed by atoms with Crippen LogP contribution in [-0.4, -0.2) is 36.6 Å². The topological polar surface area (TPSA) is 52.7 Å². The van der Waals surface area contributed by atoms with E-state index in [2.05, 4.69) is 0 Å². The minimum atomic E-state index is -4.43. The van der Waals surface area contributed by atoms with Crippen molar-refractivity contribution in [1.82, 2.24) is 0 Å². The van der Waals surface area contributed by atoms with Gasteiger partial charge in [0.1, 0.15) is 0 Å². The third-order valence-corrected chi connectivity index (χ3v) is 6.15. The molecule has 0 saturated heterocycles. The molecule has 0 amide bonds. The summed E-state index contributed by atoms with van der Waals surface area (Å²) in [5.41, 5.74) is -0.709. The van der Waals surface area contributed by atoms with Crippen LogP contribution >= 0.6 is 0 Å². The lowest BCUT2D eigenvalue weighted by Gasteiger charge is -2.22. The normalized spacial score (nSPS) is 11.4. The van der Waals surface area contributed by atoms with Crippen molar-refractivity contribution in [1.29, 1.82) is 0 Å². The second-order valence-corrected chi connectivity index (χ2v) is 9.13. The van der Waals surface area contributed by atoms with Gasteiger partial charge in [-0.1, -0.05) is 18.2 Å². The van der Waals surface area contributed by atoms with E-state index in [4.69, 9.17) is 0 Å². The summed E-state index contributed by atoms with van der Waals surface area (Å²) in [5, 5.41) is 0. The molecule has 32 heavy (non-hydrogen) atoms. The maximum Gasteiger partial charge on any atom is 0.262 e. The highest BCUT2D eigenvalue weighted by Gasteiger charge is 2.30. The summed E-state index contributed by atoms with van der Waals surface area (Å²) in [7, 11) is 2.40. The highest BCUT2D eigenvalue weighted by Crippen LogP contribution is 2.40.